The minimum Gasteiger partial charge on any atom is -0.384 e. The van der Waals surface area contributed by atoms with Gasteiger partial charge in [0, 0.05) is 11.6 Å². The van der Waals surface area contributed by atoms with Crippen molar-refractivity contribution in [2.75, 3.05) is 6.61 Å². The van der Waals surface area contributed by atoms with Crippen LogP contribution in [0.2, 0.25) is 0 Å². The van der Waals surface area contributed by atoms with E-state index in [1.165, 1.54) is 12.8 Å². The molecule has 0 amide bonds. The van der Waals surface area contributed by atoms with Gasteiger partial charge in [0.1, 0.15) is 6.61 Å². The summed E-state index contributed by atoms with van der Waals surface area (Å²) in [5.74, 6) is 5.97. The number of benzene rings is 1. The van der Waals surface area contributed by atoms with Gasteiger partial charge in [-0.05, 0) is 43.0 Å². The maximum atomic E-state index is 12.3. The fraction of sp³-hybridized carbons (Fsp3) is 0.500. The molecule has 1 aromatic rings. The molecule has 114 valence electrons. The summed E-state index contributed by atoms with van der Waals surface area (Å²) in [6.45, 7) is 1.80. The third-order valence-corrected chi connectivity index (χ3v) is 5.14. The Balaban J connectivity index is 2.06. The maximum absolute atomic E-state index is 12.3. The first-order chi connectivity index (χ1) is 10.0. The zero-order chi connectivity index (χ0) is 15.3. The molecule has 1 atom stereocenters. The van der Waals surface area contributed by atoms with Crippen LogP contribution in [-0.4, -0.2) is 26.2 Å². The first-order valence-electron chi connectivity index (χ1n) is 7.27. The van der Waals surface area contributed by atoms with Crippen molar-refractivity contribution in [3.05, 3.63) is 29.8 Å². The van der Waals surface area contributed by atoms with Crippen molar-refractivity contribution < 1.29 is 13.5 Å². The Hall–Kier alpha value is -1.35. The lowest BCUT2D eigenvalue weighted by Gasteiger charge is -2.16. The van der Waals surface area contributed by atoms with Crippen LogP contribution in [0.1, 0.15) is 38.2 Å². The number of hydrogen-bond donors (Lipinski definition) is 2. The molecule has 0 radical (unpaired) electrons. The molecule has 0 aliphatic heterocycles. The van der Waals surface area contributed by atoms with Crippen molar-refractivity contribution in [2.24, 2.45) is 5.92 Å². The summed E-state index contributed by atoms with van der Waals surface area (Å²) in [4.78, 5) is 0.256. The van der Waals surface area contributed by atoms with Gasteiger partial charge >= 0.3 is 0 Å². The lowest BCUT2D eigenvalue weighted by molar-refractivity contribution is 0.350. The number of hydrogen-bond acceptors (Lipinski definition) is 3. The first-order valence-corrected chi connectivity index (χ1v) is 8.75. The van der Waals surface area contributed by atoms with E-state index in [-0.39, 0.29) is 17.5 Å². The molecule has 0 spiro atoms. The van der Waals surface area contributed by atoms with Gasteiger partial charge in [0.25, 0.3) is 0 Å². The highest BCUT2D eigenvalue weighted by Crippen LogP contribution is 2.34. The molecule has 1 aromatic carbocycles. The van der Waals surface area contributed by atoms with E-state index in [1.54, 1.807) is 24.3 Å². The minimum atomic E-state index is -3.47. The normalized spacial score (nSPS) is 16.1. The zero-order valence-electron chi connectivity index (χ0n) is 12.2. The Morgan fingerprint density at radius 3 is 2.52 bits per heavy atom. The predicted molar refractivity (Wildman–Crippen MR) is 82.1 cm³/mol. The van der Waals surface area contributed by atoms with Crippen molar-refractivity contribution in [3.8, 4) is 11.8 Å². The Morgan fingerprint density at radius 1 is 1.33 bits per heavy atom. The second-order valence-corrected chi connectivity index (χ2v) is 7.10. The lowest BCUT2D eigenvalue weighted by atomic mass is 10.1. The molecule has 2 N–H and O–H groups in total. The predicted octanol–water partition coefficient (Wildman–Crippen LogP) is 1.89. The summed E-state index contributed by atoms with van der Waals surface area (Å²) in [7, 11) is -3.47. The highest BCUT2D eigenvalue weighted by molar-refractivity contribution is 7.89. The summed E-state index contributed by atoms with van der Waals surface area (Å²) < 4.78 is 27.5. The van der Waals surface area contributed by atoms with Crippen molar-refractivity contribution in [3.63, 3.8) is 0 Å². The van der Waals surface area contributed by atoms with Crippen LogP contribution in [0.3, 0.4) is 0 Å². The number of sulfonamides is 1. The van der Waals surface area contributed by atoms with Gasteiger partial charge in [0.05, 0.1) is 4.90 Å². The average molecular weight is 307 g/mol. The second-order valence-electron chi connectivity index (χ2n) is 5.39. The molecule has 21 heavy (non-hydrogen) atoms. The first kappa shape index (κ1) is 16.0. The maximum Gasteiger partial charge on any atom is 0.240 e. The monoisotopic (exact) mass is 307 g/mol. The van der Waals surface area contributed by atoms with Crippen LogP contribution in [0, 0.1) is 17.8 Å². The summed E-state index contributed by atoms with van der Waals surface area (Å²) in [6.07, 6.45) is 4.17. The Morgan fingerprint density at radius 2 is 2.00 bits per heavy atom. The van der Waals surface area contributed by atoms with Crippen LogP contribution in [0.25, 0.3) is 0 Å². The number of aliphatic hydroxyl groups excluding tert-OH is 1. The van der Waals surface area contributed by atoms with Gasteiger partial charge in [-0.3, -0.25) is 0 Å². The van der Waals surface area contributed by atoms with Crippen LogP contribution in [-0.2, 0) is 10.0 Å². The molecule has 4 nitrogen and oxygen atoms in total. The molecule has 0 bridgehead atoms. The van der Waals surface area contributed by atoms with Crippen molar-refractivity contribution >= 4 is 10.0 Å². The van der Waals surface area contributed by atoms with Gasteiger partial charge in [-0.2, -0.15) is 0 Å². The third kappa shape index (κ3) is 4.85. The van der Waals surface area contributed by atoms with E-state index in [1.807, 2.05) is 6.92 Å². The Kier molecular flexibility index (Phi) is 5.40. The Bertz CT molecular complexity index is 622. The van der Waals surface area contributed by atoms with E-state index in [0.717, 1.165) is 12.8 Å². The number of nitrogens with one attached hydrogen (secondary N) is 1. The summed E-state index contributed by atoms with van der Waals surface area (Å²) >= 11 is 0. The van der Waals surface area contributed by atoms with E-state index in [2.05, 4.69) is 16.6 Å². The van der Waals surface area contributed by atoms with E-state index in [9.17, 15) is 8.42 Å². The molecule has 0 saturated heterocycles. The average Bonchev–Trinajstić information content (AvgIpc) is 3.28. The second kappa shape index (κ2) is 7.08. The molecule has 0 aromatic heterocycles. The fourth-order valence-corrected chi connectivity index (χ4v) is 3.53. The standard InChI is InChI=1S/C16H21NO3S/c1-2-15(12-14-5-6-14)17-21(19,20)16-9-7-13(8-10-16)4-3-11-18/h7-10,14-15,17-18H,2,5-6,11-12H2,1H3. The molecule has 1 fully saturated rings. The Labute approximate surface area is 126 Å². The number of rotatable bonds is 6. The molecular weight excluding hydrogens is 286 g/mol. The minimum absolute atomic E-state index is 0.0105. The van der Waals surface area contributed by atoms with Gasteiger partial charge in [-0.25, -0.2) is 13.1 Å². The van der Waals surface area contributed by atoms with E-state index in [4.69, 9.17) is 5.11 Å². The number of aliphatic hydroxyl groups is 1. The molecule has 2 rings (SSSR count). The van der Waals surface area contributed by atoms with Gasteiger partial charge in [-0.15, -0.1) is 0 Å². The molecule has 1 aliphatic rings. The molecule has 5 heteroatoms. The largest absolute Gasteiger partial charge is 0.384 e. The molecule has 1 unspecified atom stereocenters. The van der Waals surface area contributed by atoms with Gasteiger partial charge in [0.2, 0.25) is 10.0 Å². The highest BCUT2D eigenvalue weighted by Gasteiger charge is 2.27. The van der Waals surface area contributed by atoms with Crippen LogP contribution >= 0.6 is 0 Å². The molecule has 1 saturated carbocycles. The van der Waals surface area contributed by atoms with Crippen molar-refractivity contribution in [1.29, 1.82) is 0 Å². The van der Waals surface area contributed by atoms with Crippen LogP contribution in [0.15, 0.2) is 29.2 Å². The smallest absolute Gasteiger partial charge is 0.240 e. The van der Waals surface area contributed by atoms with E-state index < -0.39 is 10.0 Å². The highest BCUT2D eigenvalue weighted by atomic mass is 32.2. The van der Waals surface area contributed by atoms with Gasteiger partial charge in [0.15, 0.2) is 0 Å². The zero-order valence-corrected chi connectivity index (χ0v) is 13.0. The summed E-state index contributed by atoms with van der Waals surface area (Å²) in [5, 5.41) is 8.64. The quantitative estimate of drug-likeness (QED) is 0.789. The lowest BCUT2D eigenvalue weighted by Crippen LogP contribution is -2.34. The SMILES string of the molecule is CCC(CC1CC1)NS(=O)(=O)c1ccc(C#CCO)cc1. The van der Waals surface area contributed by atoms with Crippen LogP contribution < -0.4 is 4.72 Å². The van der Waals surface area contributed by atoms with Crippen molar-refractivity contribution in [1.82, 2.24) is 4.72 Å². The van der Waals surface area contributed by atoms with Crippen LogP contribution in [0.4, 0.5) is 0 Å². The van der Waals surface area contributed by atoms with Crippen molar-refractivity contribution in [2.45, 2.75) is 43.5 Å². The fourth-order valence-electron chi connectivity index (χ4n) is 2.20. The topological polar surface area (TPSA) is 66.4 Å². The summed E-state index contributed by atoms with van der Waals surface area (Å²) in [6, 6.07) is 6.41. The van der Waals surface area contributed by atoms with E-state index in [0.29, 0.717) is 11.5 Å². The summed E-state index contributed by atoms with van der Waals surface area (Å²) in [5.41, 5.74) is 0.688. The molecular formula is C16H21NO3S. The molecule has 0 heterocycles. The van der Waals surface area contributed by atoms with E-state index >= 15 is 0 Å². The van der Waals surface area contributed by atoms with Gasteiger partial charge in [-0.1, -0.05) is 31.6 Å². The van der Waals surface area contributed by atoms with Gasteiger partial charge < -0.3 is 5.11 Å². The molecule has 1 aliphatic carbocycles. The van der Waals surface area contributed by atoms with Crippen LogP contribution in [0.5, 0.6) is 0 Å². The third-order valence-electron chi connectivity index (χ3n) is 3.61.